The van der Waals surface area contributed by atoms with Crippen LogP contribution in [0.2, 0.25) is 0 Å². The third kappa shape index (κ3) is 1.99. The number of anilines is 1. The minimum atomic E-state index is 0.629. The summed E-state index contributed by atoms with van der Waals surface area (Å²) in [6.45, 7) is 3.51. The summed E-state index contributed by atoms with van der Waals surface area (Å²) in [6, 6.07) is 8.76. The molecule has 0 radical (unpaired) electrons. The van der Waals surface area contributed by atoms with E-state index in [1.54, 1.807) is 0 Å². The molecule has 0 atom stereocenters. The zero-order chi connectivity index (χ0) is 9.10. The Morgan fingerprint density at radius 1 is 1.31 bits per heavy atom. The van der Waals surface area contributed by atoms with Gasteiger partial charge in [-0.1, -0.05) is 17.7 Å². The van der Waals surface area contributed by atoms with Crippen molar-refractivity contribution < 1.29 is 4.74 Å². The van der Waals surface area contributed by atoms with Gasteiger partial charge in [0.1, 0.15) is 6.61 Å². The van der Waals surface area contributed by atoms with E-state index in [0.29, 0.717) is 12.6 Å². The molecule has 1 aliphatic heterocycles. The van der Waals surface area contributed by atoms with Crippen LogP contribution in [-0.4, -0.2) is 19.2 Å². The zero-order valence-corrected chi connectivity index (χ0v) is 7.58. The second-order valence-electron chi connectivity index (χ2n) is 3.03. The largest absolute Gasteiger partial charge is 0.463 e. The average molecular weight is 176 g/mol. The second kappa shape index (κ2) is 3.47. The number of nitrogens with zero attached hydrogens (tertiary/aromatic N) is 1. The molecule has 0 aromatic heterocycles. The Balaban J connectivity index is 2.05. The van der Waals surface area contributed by atoms with Gasteiger partial charge in [-0.05, 0) is 19.1 Å². The van der Waals surface area contributed by atoms with Gasteiger partial charge in [0.2, 0.25) is 0 Å². The van der Waals surface area contributed by atoms with Gasteiger partial charge in [0, 0.05) is 5.69 Å². The summed E-state index contributed by atoms with van der Waals surface area (Å²) in [7, 11) is 0. The highest BCUT2D eigenvalue weighted by molar-refractivity contribution is 5.89. The van der Waals surface area contributed by atoms with Crippen molar-refractivity contribution in [3.05, 3.63) is 29.8 Å². The van der Waals surface area contributed by atoms with Crippen molar-refractivity contribution in [3.8, 4) is 0 Å². The van der Waals surface area contributed by atoms with Gasteiger partial charge in [-0.25, -0.2) is 4.99 Å². The third-order valence-corrected chi connectivity index (χ3v) is 1.89. The lowest BCUT2D eigenvalue weighted by Crippen LogP contribution is -2.11. The number of rotatable bonds is 1. The van der Waals surface area contributed by atoms with Crippen LogP contribution in [0, 0.1) is 6.92 Å². The molecular weight excluding hydrogens is 164 g/mol. The van der Waals surface area contributed by atoms with E-state index in [4.69, 9.17) is 4.74 Å². The van der Waals surface area contributed by atoms with Crippen molar-refractivity contribution in [2.24, 2.45) is 4.99 Å². The Bertz CT molecular complexity index is 316. The molecule has 0 bridgehead atoms. The molecule has 1 heterocycles. The van der Waals surface area contributed by atoms with Crippen LogP contribution >= 0.6 is 0 Å². The molecule has 0 unspecified atom stereocenters. The number of aliphatic imine (C=N–C) groups is 1. The molecule has 0 amide bonds. The summed E-state index contributed by atoms with van der Waals surface area (Å²) in [6.07, 6.45) is 0. The quantitative estimate of drug-likeness (QED) is 0.707. The summed E-state index contributed by atoms with van der Waals surface area (Å²) in [4.78, 5) is 4.14. The van der Waals surface area contributed by atoms with Gasteiger partial charge in [0.15, 0.2) is 0 Å². The Labute approximate surface area is 77.4 Å². The summed E-state index contributed by atoms with van der Waals surface area (Å²) in [5.74, 6) is 0. The molecule has 13 heavy (non-hydrogen) atoms. The maximum absolute atomic E-state index is 5.23. The molecule has 3 heteroatoms. The highest BCUT2D eigenvalue weighted by Crippen LogP contribution is 2.09. The van der Waals surface area contributed by atoms with Gasteiger partial charge in [0.25, 0.3) is 6.02 Å². The molecule has 0 aliphatic carbocycles. The first-order valence-electron chi connectivity index (χ1n) is 4.35. The molecule has 1 aromatic rings. The number of ether oxygens (including phenoxy) is 1. The number of hydrogen-bond donors (Lipinski definition) is 1. The fourth-order valence-corrected chi connectivity index (χ4v) is 1.17. The highest BCUT2D eigenvalue weighted by atomic mass is 16.5. The molecule has 3 nitrogen and oxygen atoms in total. The lowest BCUT2D eigenvalue weighted by Gasteiger charge is -2.05. The van der Waals surface area contributed by atoms with Gasteiger partial charge < -0.3 is 10.1 Å². The second-order valence-corrected chi connectivity index (χ2v) is 3.03. The number of aryl methyl sites for hydroxylation is 1. The summed E-state index contributed by atoms with van der Waals surface area (Å²) in [5.41, 5.74) is 2.27. The normalized spacial score (nSPS) is 15.0. The number of amidine groups is 1. The summed E-state index contributed by atoms with van der Waals surface area (Å²) in [5, 5.41) is 3.10. The molecule has 0 fully saturated rings. The molecule has 1 aliphatic rings. The monoisotopic (exact) mass is 176 g/mol. The Morgan fingerprint density at radius 3 is 2.69 bits per heavy atom. The third-order valence-electron chi connectivity index (χ3n) is 1.89. The molecule has 68 valence electrons. The molecule has 0 saturated carbocycles. The standard InChI is InChI=1S/C10H12N2O/c1-8-2-4-9(5-3-8)12-10-11-6-7-13-10/h2-5H,6-7H2,1H3,(H,11,12). The van der Waals surface area contributed by atoms with E-state index in [-0.39, 0.29) is 0 Å². The van der Waals surface area contributed by atoms with E-state index >= 15 is 0 Å². The fraction of sp³-hybridized carbons (Fsp3) is 0.300. The van der Waals surface area contributed by atoms with E-state index in [1.807, 2.05) is 12.1 Å². The predicted octanol–water partition coefficient (Wildman–Crippen LogP) is 1.79. The van der Waals surface area contributed by atoms with E-state index in [1.165, 1.54) is 5.56 Å². The first-order chi connectivity index (χ1) is 6.34. The van der Waals surface area contributed by atoms with E-state index < -0.39 is 0 Å². The van der Waals surface area contributed by atoms with Crippen molar-refractivity contribution in [3.63, 3.8) is 0 Å². The van der Waals surface area contributed by atoms with Crippen LogP contribution < -0.4 is 5.32 Å². The van der Waals surface area contributed by atoms with Gasteiger partial charge in [0.05, 0.1) is 6.54 Å². The van der Waals surface area contributed by atoms with Crippen LogP contribution in [-0.2, 0) is 4.74 Å². The lowest BCUT2D eigenvalue weighted by atomic mass is 10.2. The molecule has 2 rings (SSSR count). The van der Waals surface area contributed by atoms with E-state index in [2.05, 4.69) is 29.4 Å². The summed E-state index contributed by atoms with van der Waals surface area (Å²) >= 11 is 0. The SMILES string of the molecule is Cc1ccc(NC2=NCCO2)cc1. The molecule has 1 N–H and O–H groups in total. The van der Waals surface area contributed by atoms with Gasteiger partial charge in [-0.2, -0.15) is 0 Å². The van der Waals surface area contributed by atoms with E-state index in [0.717, 1.165) is 12.2 Å². The van der Waals surface area contributed by atoms with Crippen molar-refractivity contribution in [1.29, 1.82) is 0 Å². The predicted molar refractivity (Wildman–Crippen MR) is 53.1 cm³/mol. The van der Waals surface area contributed by atoms with Crippen LogP contribution in [0.5, 0.6) is 0 Å². The number of hydrogen-bond acceptors (Lipinski definition) is 3. The minimum Gasteiger partial charge on any atom is -0.463 e. The molecular formula is C10H12N2O. The van der Waals surface area contributed by atoms with Crippen LogP contribution in [0.15, 0.2) is 29.3 Å². The Morgan fingerprint density at radius 2 is 2.08 bits per heavy atom. The van der Waals surface area contributed by atoms with E-state index in [9.17, 15) is 0 Å². The van der Waals surface area contributed by atoms with Crippen molar-refractivity contribution >= 4 is 11.7 Å². The average Bonchev–Trinajstić information content (AvgIpc) is 2.62. The Hall–Kier alpha value is -1.51. The fourth-order valence-electron chi connectivity index (χ4n) is 1.17. The van der Waals surface area contributed by atoms with Gasteiger partial charge >= 0.3 is 0 Å². The maximum Gasteiger partial charge on any atom is 0.289 e. The van der Waals surface area contributed by atoms with Gasteiger partial charge in [-0.15, -0.1) is 0 Å². The lowest BCUT2D eigenvalue weighted by molar-refractivity contribution is 0.346. The number of benzene rings is 1. The van der Waals surface area contributed by atoms with Crippen LogP contribution in [0.25, 0.3) is 0 Å². The first kappa shape index (κ1) is 8.10. The zero-order valence-electron chi connectivity index (χ0n) is 7.58. The topological polar surface area (TPSA) is 33.6 Å². The van der Waals surface area contributed by atoms with Crippen molar-refractivity contribution in [1.82, 2.24) is 0 Å². The number of nitrogens with one attached hydrogen (secondary N) is 1. The smallest absolute Gasteiger partial charge is 0.289 e. The minimum absolute atomic E-state index is 0.629. The maximum atomic E-state index is 5.23. The van der Waals surface area contributed by atoms with Crippen LogP contribution in [0.4, 0.5) is 5.69 Å². The van der Waals surface area contributed by atoms with Crippen molar-refractivity contribution in [2.45, 2.75) is 6.92 Å². The highest BCUT2D eigenvalue weighted by Gasteiger charge is 2.05. The van der Waals surface area contributed by atoms with Crippen molar-refractivity contribution in [2.75, 3.05) is 18.5 Å². The van der Waals surface area contributed by atoms with Crippen LogP contribution in [0.3, 0.4) is 0 Å². The first-order valence-corrected chi connectivity index (χ1v) is 4.35. The van der Waals surface area contributed by atoms with Crippen LogP contribution in [0.1, 0.15) is 5.56 Å². The molecule has 0 saturated heterocycles. The molecule has 0 spiro atoms. The molecule has 1 aromatic carbocycles. The van der Waals surface area contributed by atoms with Gasteiger partial charge in [-0.3, -0.25) is 0 Å². The summed E-state index contributed by atoms with van der Waals surface area (Å²) < 4.78 is 5.23. The Kier molecular flexibility index (Phi) is 2.17.